The van der Waals surface area contributed by atoms with Crippen LogP contribution in [-0.4, -0.2) is 69.8 Å². The van der Waals surface area contributed by atoms with E-state index in [1.54, 1.807) is 11.0 Å². The van der Waals surface area contributed by atoms with Crippen LogP contribution in [0.2, 0.25) is 0 Å². The predicted molar refractivity (Wildman–Crippen MR) is 144 cm³/mol. The third-order valence-electron chi connectivity index (χ3n) is 9.60. The van der Waals surface area contributed by atoms with E-state index in [0.29, 0.717) is 43.5 Å². The molecule has 0 aromatic heterocycles. The molecule has 2 fully saturated rings. The average molecular weight is 557 g/mol. The van der Waals surface area contributed by atoms with Gasteiger partial charge in [-0.25, -0.2) is 0 Å². The number of phenols is 1. The zero-order chi connectivity index (χ0) is 28.6. The van der Waals surface area contributed by atoms with Crippen LogP contribution >= 0.6 is 0 Å². The van der Waals surface area contributed by atoms with Crippen molar-refractivity contribution in [2.75, 3.05) is 20.1 Å². The van der Waals surface area contributed by atoms with Crippen molar-refractivity contribution in [3.63, 3.8) is 0 Å². The van der Waals surface area contributed by atoms with Gasteiger partial charge in [0.15, 0.2) is 11.5 Å². The van der Waals surface area contributed by atoms with E-state index in [4.69, 9.17) is 4.74 Å². The molecule has 6 rings (SSSR count). The van der Waals surface area contributed by atoms with E-state index in [1.807, 2.05) is 27.0 Å². The molecule has 5 atom stereocenters. The maximum absolute atomic E-state index is 13.8. The number of likely N-dealkylation sites (tertiary alicyclic amines) is 1. The molecule has 2 aromatic rings. The highest BCUT2D eigenvalue weighted by atomic mass is 19.4. The number of hydrogen-bond donors (Lipinski definition) is 2. The Balaban J connectivity index is 1.36. The van der Waals surface area contributed by atoms with Crippen LogP contribution in [0.5, 0.6) is 11.5 Å². The largest absolute Gasteiger partial charge is 0.504 e. The molecule has 1 saturated carbocycles. The maximum Gasteiger partial charge on any atom is 0.416 e. The molecule has 6 nitrogen and oxygen atoms in total. The number of aromatic hydroxyl groups is 1. The summed E-state index contributed by atoms with van der Waals surface area (Å²) in [6.07, 6.45) is 0.324. The average Bonchev–Trinajstić information content (AvgIpc) is 3.25. The molecule has 2 aromatic carbocycles. The number of piperidine rings is 1. The minimum Gasteiger partial charge on any atom is -0.504 e. The third-order valence-corrected chi connectivity index (χ3v) is 9.60. The van der Waals surface area contributed by atoms with E-state index >= 15 is 0 Å². The molecule has 2 aliphatic carbocycles. The number of nitrogens with zero attached hydrogens (tertiary/aromatic N) is 2. The first-order chi connectivity index (χ1) is 18.9. The number of rotatable bonds is 5. The molecule has 2 heterocycles. The summed E-state index contributed by atoms with van der Waals surface area (Å²) in [6.45, 7) is 5.27. The number of ether oxygens (including phenoxy) is 1. The highest BCUT2D eigenvalue weighted by Gasteiger charge is 2.73. The molecule has 0 radical (unpaired) electrons. The molecule has 4 aliphatic rings. The number of phenolic OH excluding ortho intramolecular Hbond substituents is 1. The van der Waals surface area contributed by atoms with E-state index in [0.717, 1.165) is 29.8 Å². The standard InChI is InChI=1S/C31H35F3N2O4/c1-18(2)17-36(25(38)11-6-19-4-8-21(9-5-19)31(32,33)34)22-12-13-30(39)24-16-20-7-10-23(37)27-26(20)29(30,28(22)40-27)14-15-35(24)3/h4-11,18,22,24,28,37,39H,12-17H2,1-3H3/t22?,24-,28?,29+,30-/m1/s1. The number of hydrogen-bond acceptors (Lipinski definition) is 5. The normalized spacial score (nSPS) is 30.9. The van der Waals surface area contributed by atoms with Gasteiger partial charge in [-0.1, -0.05) is 32.0 Å². The van der Waals surface area contributed by atoms with Gasteiger partial charge in [0, 0.05) is 24.2 Å². The van der Waals surface area contributed by atoms with Gasteiger partial charge in [0.1, 0.15) is 6.10 Å². The number of carbonyl (C=O) groups is 1. The summed E-state index contributed by atoms with van der Waals surface area (Å²) in [7, 11) is 2.04. The van der Waals surface area contributed by atoms with Crippen molar-refractivity contribution in [1.82, 2.24) is 9.80 Å². The fourth-order valence-corrected chi connectivity index (χ4v) is 7.87. The topological polar surface area (TPSA) is 73.2 Å². The lowest BCUT2D eigenvalue weighted by atomic mass is 9.48. The molecule has 1 amide bonds. The van der Waals surface area contributed by atoms with Crippen molar-refractivity contribution in [2.45, 2.75) is 74.9 Å². The van der Waals surface area contributed by atoms with Crippen LogP contribution in [0.4, 0.5) is 13.2 Å². The van der Waals surface area contributed by atoms with E-state index in [1.165, 1.54) is 24.3 Å². The van der Waals surface area contributed by atoms with E-state index in [2.05, 4.69) is 4.90 Å². The molecule has 1 spiro atoms. The zero-order valence-electron chi connectivity index (χ0n) is 22.9. The minimum absolute atomic E-state index is 0.0462. The summed E-state index contributed by atoms with van der Waals surface area (Å²) in [5.74, 6) is 0.355. The van der Waals surface area contributed by atoms with Crippen LogP contribution in [0, 0.1) is 5.92 Å². The van der Waals surface area contributed by atoms with Gasteiger partial charge in [-0.05, 0) is 80.6 Å². The summed E-state index contributed by atoms with van der Waals surface area (Å²) in [5, 5.41) is 23.2. The molecule has 2 bridgehead atoms. The zero-order valence-corrected chi connectivity index (χ0v) is 22.9. The van der Waals surface area contributed by atoms with Crippen LogP contribution in [0.15, 0.2) is 42.5 Å². The Bertz CT molecular complexity index is 1360. The van der Waals surface area contributed by atoms with Gasteiger partial charge in [0.05, 0.1) is 22.6 Å². The first kappa shape index (κ1) is 27.1. The second kappa shape index (κ2) is 9.24. The summed E-state index contributed by atoms with van der Waals surface area (Å²) >= 11 is 0. The Kier molecular flexibility index (Phi) is 6.27. The van der Waals surface area contributed by atoms with Crippen molar-refractivity contribution < 1.29 is 32.9 Å². The highest BCUT2D eigenvalue weighted by Crippen LogP contribution is 2.65. The lowest BCUT2D eigenvalue weighted by Gasteiger charge is -2.64. The summed E-state index contributed by atoms with van der Waals surface area (Å²) in [5.41, 5.74) is -0.0905. The number of amides is 1. The van der Waals surface area contributed by atoms with Crippen molar-refractivity contribution in [3.8, 4) is 11.5 Å². The van der Waals surface area contributed by atoms with Crippen molar-refractivity contribution in [2.24, 2.45) is 5.92 Å². The first-order valence-electron chi connectivity index (χ1n) is 14.0. The Morgan fingerprint density at radius 3 is 2.60 bits per heavy atom. The van der Waals surface area contributed by atoms with Crippen LogP contribution in [-0.2, 0) is 22.8 Å². The van der Waals surface area contributed by atoms with Crippen molar-refractivity contribution in [3.05, 3.63) is 64.7 Å². The second-order valence-electron chi connectivity index (χ2n) is 12.3. The Morgan fingerprint density at radius 2 is 1.93 bits per heavy atom. The van der Waals surface area contributed by atoms with Gasteiger partial charge in [-0.15, -0.1) is 0 Å². The fraction of sp³-hybridized carbons (Fsp3) is 0.516. The van der Waals surface area contributed by atoms with Crippen molar-refractivity contribution >= 4 is 12.0 Å². The molecule has 2 N–H and O–H groups in total. The van der Waals surface area contributed by atoms with Gasteiger partial charge < -0.3 is 24.7 Å². The summed E-state index contributed by atoms with van der Waals surface area (Å²) in [6, 6.07) is 7.84. The SMILES string of the molecule is CC(C)CN(C(=O)C=Cc1ccc(C(F)(F)F)cc1)C1CC[C@@]2(O)[C@H]3Cc4ccc(O)c5c4[C@@]2(CCN3C)C1O5. The smallest absolute Gasteiger partial charge is 0.416 e. The molecule has 40 heavy (non-hydrogen) atoms. The number of likely N-dealkylation sites (N-methyl/N-ethyl adjacent to an activating group) is 1. The molecule has 2 aliphatic heterocycles. The fourth-order valence-electron chi connectivity index (χ4n) is 7.87. The minimum atomic E-state index is -4.42. The van der Waals surface area contributed by atoms with Gasteiger partial charge >= 0.3 is 6.18 Å². The maximum atomic E-state index is 13.8. The number of halogens is 3. The number of benzene rings is 2. The molecular weight excluding hydrogens is 521 g/mol. The first-order valence-corrected chi connectivity index (χ1v) is 14.0. The lowest BCUT2D eigenvalue weighted by molar-refractivity contribution is -0.197. The van der Waals surface area contributed by atoms with E-state index in [9.17, 15) is 28.2 Å². The highest BCUT2D eigenvalue weighted by molar-refractivity contribution is 5.92. The Hall–Kier alpha value is -3.04. The van der Waals surface area contributed by atoms with E-state index < -0.39 is 28.9 Å². The van der Waals surface area contributed by atoms with E-state index in [-0.39, 0.29) is 29.7 Å². The van der Waals surface area contributed by atoms with Gasteiger partial charge in [-0.2, -0.15) is 13.2 Å². The quantitative estimate of drug-likeness (QED) is 0.520. The van der Waals surface area contributed by atoms with Crippen molar-refractivity contribution in [1.29, 1.82) is 0 Å². The molecule has 2 unspecified atom stereocenters. The molecular formula is C31H35F3N2O4. The Labute approximate surface area is 232 Å². The van der Waals surface area contributed by atoms with Gasteiger partial charge in [0.2, 0.25) is 5.91 Å². The molecule has 214 valence electrons. The lowest BCUT2D eigenvalue weighted by Crippen LogP contribution is -2.78. The third kappa shape index (κ3) is 3.88. The van der Waals surface area contributed by atoms with Crippen LogP contribution in [0.25, 0.3) is 6.08 Å². The number of alkyl halides is 3. The van der Waals surface area contributed by atoms with Gasteiger partial charge in [0.25, 0.3) is 0 Å². The van der Waals surface area contributed by atoms with Crippen LogP contribution < -0.4 is 4.74 Å². The second-order valence-corrected chi connectivity index (χ2v) is 12.3. The van der Waals surface area contributed by atoms with Crippen LogP contribution in [0.3, 0.4) is 0 Å². The monoisotopic (exact) mass is 556 g/mol. The Morgan fingerprint density at radius 1 is 1.20 bits per heavy atom. The summed E-state index contributed by atoms with van der Waals surface area (Å²) in [4.78, 5) is 17.8. The predicted octanol–water partition coefficient (Wildman–Crippen LogP) is 4.76. The van der Waals surface area contributed by atoms with Crippen LogP contribution in [0.1, 0.15) is 55.4 Å². The molecule has 9 heteroatoms. The molecule has 1 saturated heterocycles. The van der Waals surface area contributed by atoms with Gasteiger partial charge in [-0.3, -0.25) is 4.79 Å². The number of aliphatic hydroxyl groups is 1. The summed E-state index contributed by atoms with van der Waals surface area (Å²) < 4.78 is 45.5. The number of carbonyl (C=O) groups excluding carboxylic acids is 1.